The van der Waals surface area contributed by atoms with Gasteiger partial charge < -0.3 is 9.42 Å². The van der Waals surface area contributed by atoms with E-state index >= 15 is 0 Å². The quantitative estimate of drug-likeness (QED) is 0.460. The summed E-state index contributed by atoms with van der Waals surface area (Å²) >= 11 is 6.22. The van der Waals surface area contributed by atoms with Gasteiger partial charge in [0.05, 0.1) is 11.3 Å². The second-order valence-electron chi connectivity index (χ2n) is 7.69. The van der Waals surface area contributed by atoms with Gasteiger partial charge in [0, 0.05) is 28.9 Å². The monoisotopic (exact) mass is 451 g/mol. The number of nitrogens with one attached hydrogen (secondary N) is 1. The Balaban J connectivity index is 1.48. The maximum absolute atomic E-state index is 14.1. The molecule has 0 saturated carbocycles. The first-order valence-corrected chi connectivity index (χ1v) is 10.6. The van der Waals surface area contributed by atoms with Crippen LogP contribution in [-0.4, -0.2) is 37.7 Å². The zero-order chi connectivity index (χ0) is 22.2. The number of carbonyl (C=O) groups is 1. The topological polar surface area (TPSA) is 87.9 Å². The van der Waals surface area contributed by atoms with Gasteiger partial charge in [-0.3, -0.25) is 9.89 Å². The van der Waals surface area contributed by atoms with Gasteiger partial charge in [0.1, 0.15) is 11.9 Å². The molecule has 2 aromatic heterocycles. The molecule has 5 rings (SSSR count). The molecule has 2 aromatic carbocycles. The highest BCUT2D eigenvalue weighted by atomic mass is 35.5. The van der Waals surface area contributed by atoms with Crippen molar-refractivity contribution in [3.63, 3.8) is 0 Å². The molecule has 1 saturated heterocycles. The fourth-order valence-corrected chi connectivity index (χ4v) is 4.26. The largest absolute Gasteiger partial charge is 0.337 e. The lowest BCUT2D eigenvalue weighted by Crippen LogP contribution is -2.31. The maximum atomic E-state index is 14.1. The third-order valence-electron chi connectivity index (χ3n) is 5.75. The van der Waals surface area contributed by atoms with Crippen molar-refractivity contribution in [3.05, 3.63) is 76.5 Å². The highest BCUT2D eigenvalue weighted by molar-refractivity contribution is 6.31. The zero-order valence-corrected chi connectivity index (χ0v) is 17.9. The summed E-state index contributed by atoms with van der Waals surface area (Å²) in [6.45, 7) is 2.40. The molecule has 1 aliphatic heterocycles. The number of amides is 1. The Morgan fingerprint density at radius 1 is 1.25 bits per heavy atom. The van der Waals surface area contributed by atoms with E-state index in [4.69, 9.17) is 16.1 Å². The minimum atomic E-state index is -0.483. The van der Waals surface area contributed by atoms with Gasteiger partial charge >= 0.3 is 0 Å². The average Bonchev–Trinajstić information content (AvgIpc) is 3.56. The van der Waals surface area contributed by atoms with E-state index in [0.717, 1.165) is 17.5 Å². The summed E-state index contributed by atoms with van der Waals surface area (Å²) in [5.74, 6) is -0.00733. The summed E-state index contributed by atoms with van der Waals surface area (Å²) in [5.41, 5.74) is 3.10. The highest BCUT2D eigenvalue weighted by Crippen LogP contribution is 2.35. The summed E-state index contributed by atoms with van der Waals surface area (Å²) in [6.07, 6.45) is 3.04. The van der Waals surface area contributed by atoms with E-state index in [2.05, 4.69) is 20.3 Å². The Kier molecular flexibility index (Phi) is 5.22. The first-order valence-electron chi connectivity index (χ1n) is 10.2. The Labute approximate surface area is 188 Å². The van der Waals surface area contributed by atoms with E-state index < -0.39 is 5.82 Å². The maximum Gasteiger partial charge on any atom is 0.255 e. The third kappa shape index (κ3) is 3.56. The molecule has 4 aromatic rings. The van der Waals surface area contributed by atoms with Crippen molar-refractivity contribution in [2.45, 2.75) is 25.8 Å². The van der Waals surface area contributed by atoms with Gasteiger partial charge in [-0.1, -0.05) is 28.9 Å². The summed E-state index contributed by atoms with van der Waals surface area (Å²) in [6, 6.07) is 11.0. The van der Waals surface area contributed by atoms with Crippen molar-refractivity contribution >= 4 is 17.5 Å². The fraction of sp³-hybridized carbons (Fsp3) is 0.217. The minimum Gasteiger partial charge on any atom is -0.337 e. The number of benzene rings is 2. The summed E-state index contributed by atoms with van der Waals surface area (Å²) in [7, 11) is 0. The van der Waals surface area contributed by atoms with Crippen molar-refractivity contribution in [2.24, 2.45) is 0 Å². The van der Waals surface area contributed by atoms with Crippen molar-refractivity contribution in [3.8, 4) is 22.6 Å². The van der Waals surface area contributed by atoms with Gasteiger partial charge in [-0.25, -0.2) is 4.39 Å². The van der Waals surface area contributed by atoms with E-state index in [1.165, 1.54) is 12.1 Å². The number of aromatic amines is 1. The minimum absolute atomic E-state index is 0.256. The summed E-state index contributed by atoms with van der Waals surface area (Å²) < 4.78 is 19.6. The van der Waals surface area contributed by atoms with Crippen LogP contribution < -0.4 is 0 Å². The first-order chi connectivity index (χ1) is 15.5. The van der Waals surface area contributed by atoms with Gasteiger partial charge in [-0.15, -0.1) is 0 Å². The molecule has 1 N–H and O–H groups in total. The first kappa shape index (κ1) is 20.4. The molecular formula is C23H19ClFN5O2. The van der Waals surface area contributed by atoms with E-state index in [-0.39, 0.29) is 17.5 Å². The number of H-pyrrole nitrogens is 1. The number of hydrogen-bond donors (Lipinski definition) is 1. The smallest absolute Gasteiger partial charge is 0.255 e. The number of nitrogens with zero attached hydrogens (tertiary/aromatic N) is 4. The van der Waals surface area contributed by atoms with Crippen LogP contribution in [0.5, 0.6) is 0 Å². The van der Waals surface area contributed by atoms with Crippen molar-refractivity contribution in [1.29, 1.82) is 0 Å². The SMILES string of the molecule is Cc1c(Cl)cccc1-c1noc(C2CCCN2C(=O)c2cc(F)ccc2-c2ccn[nH]2)n1. The van der Waals surface area contributed by atoms with E-state index in [9.17, 15) is 9.18 Å². The van der Waals surface area contributed by atoms with Gasteiger partial charge in [0.15, 0.2) is 0 Å². The Morgan fingerprint density at radius 3 is 2.94 bits per heavy atom. The highest BCUT2D eigenvalue weighted by Gasteiger charge is 2.36. The average molecular weight is 452 g/mol. The predicted molar refractivity (Wildman–Crippen MR) is 116 cm³/mol. The van der Waals surface area contributed by atoms with Crippen molar-refractivity contribution in [2.75, 3.05) is 6.54 Å². The van der Waals surface area contributed by atoms with Gasteiger partial charge in [-0.2, -0.15) is 10.1 Å². The Morgan fingerprint density at radius 2 is 2.12 bits per heavy atom. The molecule has 9 heteroatoms. The zero-order valence-electron chi connectivity index (χ0n) is 17.2. The van der Waals surface area contributed by atoms with Crippen LogP contribution in [0.15, 0.2) is 53.2 Å². The number of hydrogen-bond acceptors (Lipinski definition) is 5. The van der Waals surface area contributed by atoms with Crippen LogP contribution in [0, 0.1) is 12.7 Å². The Bertz CT molecular complexity index is 1290. The molecule has 32 heavy (non-hydrogen) atoms. The molecule has 7 nitrogen and oxygen atoms in total. The normalized spacial score (nSPS) is 16.0. The second-order valence-corrected chi connectivity index (χ2v) is 8.09. The number of aromatic nitrogens is 4. The van der Waals surface area contributed by atoms with E-state index in [1.807, 2.05) is 19.1 Å². The lowest BCUT2D eigenvalue weighted by molar-refractivity contribution is 0.0710. The molecule has 3 heterocycles. The summed E-state index contributed by atoms with van der Waals surface area (Å²) in [4.78, 5) is 19.7. The molecule has 1 unspecified atom stereocenters. The number of carbonyl (C=O) groups excluding carboxylic acids is 1. The van der Waals surface area contributed by atoms with Crippen LogP contribution >= 0.6 is 11.6 Å². The van der Waals surface area contributed by atoms with Crippen LogP contribution in [0.25, 0.3) is 22.6 Å². The molecule has 1 amide bonds. The summed E-state index contributed by atoms with van der Waals surface area (Å²) in [5, 5.41) is 11.5. The third-order valence-corrected chi connectivity index (χ3v) is 6.16. The molecule has 0 bridgehead atoms. The van der Waals surface area contributed by atoms with E-state index in [0.29, 0.717) is 41.0 Å². The van der Waals surface area contributed by atoms with Crippen LogP contribution in [0.3, 0.4) is 0 Å². The van der Waals surface area contributed by atoms with Gasteiger partial charge in [0.2, 0.25) is 11.7 Å². The van der Waals surface area contributed by atoms with E-state index in [1.54, 1.807) is 29.3 Å². The molecule has 0 aliphatic carbocycles. The van der Waals surface area contributed by atoms with Crippen LogP contribution in [-0.2, 0) is 0 Å². The van der Waals surface area contributed by atoms with Crippen molar-refractivity contribution < 1.29 is 13.7 Å². The lowest BCUT2D eigenvalue weighted by Gasteiger charge is -2.23. The van der Waals surface area contributed by atoms with Gasteiger partial charge in [-0.05, 0) is 55.7 Å². The molecule has 0 spiro atoms. The lowest BCUT2D eigenvalue weighted by atomic mass is 10.0. The number of halogens is 2. The van der Waals surface area contributed by atoms with Crippen LogP contribution in [0.4, 0.5) is 4.39 Å². The molecular weight excluding hydrogens is 433 g/mol. The molecule has 162 valence electrons. The predicted octanol–water partition coefficient (Wildman–Crippen LogP) is 5.20. The van der Waals surface area contributed by atoms with Crippen LogP contribution in [0.2, 0.25) is 5.02 Å². The van der Waals surface area contributed by atoms with Gasteiger partial charge in [0.25, 0.3) is 5.91 Å². The molecule has 0 radical (unpaired) electrons. The standard InChI is InChI=1S/C23H19ClFN5O2/c1-13-15(4-2-5-18(13)24)21-27-22(32-29-21)20-6-3-11-30(20)23(31)17-12-14(25)7-8-16(17)19-9-10-26-28-19/h2,4-5,7-10,12,20H,3,6,11H2,1H3,(H,26,28). The molecule has 1 fully saturated rings. The Hall–Kier alpha value is -3.52. The van der Waals surface area contributed by atoms with Crippen molar-refractivity contribution in [1.82, 2.24) is 25.2 Å². The fourth-order valence-electron chi connectivity index (χ4n) is 4.09. The number of likely N-dealkylation sites (tertiary alicyclic amines) is 1. The second kappa shape index (κ2) is 8.20. The molecule has 1 aliphatic rings. The number of rotatable bonds is 4. The molecule has 1 atom stereocenters. The van der Waals surface area contributed by atoms with Crippen LogP contribution in [0.1, 0.15) is 40.7 Å².